The van der Waals surface area contributed by atoms with Crippen molar-refractivity contribution >= 4 is 5.97 Å². The molecule has 0 amide bonds. The molecule has 1 aromatic carbocycles. The molecule has 5 nitrogen and oxygen atoms in total. The number of benzene rings is 1. The first-order valence-electron chi connectivity index (χ1n) is 3.88. The predicted octanol–water partition coefficient (Wildman–Crippen LogP) is -0.639. The molecule has 0 unspecified atom stereocenters. The van der Waals surface area contributed by atoms with Crippen LogP contribution in [0.15, 0.2) is 30.3 Å². The summed E-state index contributed by atoms with van der Waals surface area (Å²) in [7, 11) is 0. The van der Waals surface area contributed by atoms with Crippen LogP contribution >= 0.6 is 0 Å². The second-order valence-electron chi connectivity index (χ2n) is 2.70. The second-order valence-corrected chi connectivity index (χ2v) is 2.70. The molecular weight excluding hydrogens is 188 g/mol. The van der Waals surface area contributed by atoms with E-state index in [-0.39, 0.29) is 6.61 Å². The second kappa shape index (κ2) is 4.19. The Hall–Kier alpha value is -1.43. The number of carbonyl (C=O) groups is 1. The highest BCUT2D eigenvalue weighted by molar-refractivity contribution is 5.75. The van der Waals surface area contributed by atoms with Crippen molar-refractivity contribution in [3.8, 4) is 0 Å². The zero-order valence-corrected chi connectivity index (χ0v) is 7.25. The van der Waals surface area contributed by atoms with E-state index in [0.717, 1.165) is 0 Å². The Kier molecular flexibility index (Phi) is 3.19. The molecule has 5 heteroatoms. The lowest BCUT2D eigenvalue weighted by atomic mass is 10.2. The first kappa shape index (κ1) is 10.6. The minimum absolute atomic E-state index is 0.122. The minimum Gasteiger partial charge on any atom is -0.455 e. The summed E-state index contributed by atoms with van der Waals surface area (Å²) in [6.07, 6.45) is 0. The van der Waals surface area contributed by atoms with Gasteiger partial charge < -0.3 is 20.1 Å². The fraction of sp³-hybridized carbons (Fsp3) is 0.222. The maximum Gasteiger partial charge on any atom is 0.397 e. The Morgan fingerprint density at radius 3 is 2.29 bits per heavy atom. The molecule has 0 fully saturated rings. The van der Waals surface area contributed by atoms with Crippen molar-refractivity contribution in [1.29, 1.82) is 0 Å². The lowest BCUT2D eigenvalue weighted by Gasteiger charge is -2.12. The van der Waals surface area contributed by atoms with Crippen LogP contribution in [-0.4, -0.2) is 27.3 Å². The van der Waals surface area contributed by atoms with Gasteiger partial charge in [0, 0.05) is 0 Å². The third-order valence-corrected chi connectivity index (χ3v) is 1.49. The summed E-state index contributed by atoms with van der Waals surface area (Å²) in [6, 6.07) is 8.67. The molecule has 0 radical (unpaired) electrons. The summed E-state index contributed by atoms with van der Waals surface area (Å²) < 4.78 is 4.40. The van der Waals surface area contributed by atoms with Crippen LogP contribution in [0.4, 0.5) is 0 Å². The van der Waals surface area contributed by atoms with Crippen molar-refractivity contribution in [3.63, 3.8) is 0 Å². The monoisotopic (exact) mass is 198 g/mol. The van der Waals surface area contributed by atoms with Crippen LogP contribution < -0.4 is 0 Å². The number of aliphatic hydroxyl groups is 3. The van der Waals surface area contributed by atoms with E-state index in [1.807, 2.05) is 0 Å². The van der Waals surface area contributed by atoms with Gasteiger partial charge in [-0.2, -0.15) is 0 Å². The third-order valence-electron chi connectivity index (χ3n) is 1.49. The zero-order chi connectivity index (χ0) is 10.6. The van der Waals surface area contributed by atoms with Gasteiger partial charge in [-0.25, -0.2) is 4.79 Å². The van der Waals surface area contributed by atoms with Gasteiger partial charge in [0.25, 0.3) is 0 Å². The van der Waals surface area contributed by atoms with Gasteiger partial charge in [-0.3, -0.25) is 0 Å². The maximum atomic E-state index is 10.7. The Bertz CT molecular complexity index is 301. The van der Waals surface area contributed by atoms with Gasteiger partial charge in [0.2, 0.25) is 0 Å². The molecule has 0 saturated carbocycles. The first-order chi connectivity index (χ1) is 6.50. The number of hydrogen-bond acceptors (Lipinski definition) is 5. The van der Waals surface area contributed by atoms with Gasteiger partial charge in [-0.15, -0.1) is 0 Å². The number of hydrogen-bond donors (Lipinski definition) is 3. The Morgan fingerprint density at radius 1 is 1.21 bits per heavy atom. The fourth-order valence-electron chi connectivity index (χ4n) is 0.820. The summed E-state index contributed by atoms with van der Waals surface area (Å²) in [4.78, 5) is 10.7. The number of ether oxygens (including phenoxy) is 1. The van der Waals surface area contributed by atoms with Crippen LogP contribution in [0.3, 0.4) is 0 Å². The van der Waals surface area contributed by atoms with E-state index in [2.05, 4.69) is 4.74 Å². The molecule has 0 bridgehead atoms. The summed E-state index contributed by atoms with van der Waals surface area (Å²) >= 11 is 0. The smallest absolute Gasteiger partial charge is 0.397 e. The molecule has 1 rings (SSSR count). The fourth-order valence-corrected chi connectivity index (χ4v) is 0.820. The maximum absolute atomic E-state index is 10.7. The van der Waals surface area contributed by atoms with E-state index in [4.69, 9.17) is 15.3 Å². The average Bonchev–Trinajstić information content (AvgIpc) is 2.14. The van der Waals surface area contributed by atoms with Crippen LogP contribution in [0.1, 0.15) is 5.56 Å². The van der Waals surface area contributed by atoms with E-state index in [1.165, 1.54) is 0 Å². The Morgan fingerprint density at radius 2 is 1.79 bits per heavy atom. The molecule has 0 atom stereocenters. The lowest BCUT2D eigenvalue weighted by Crippen LogP contribution is -2.39. The standard InChI is InChI=1S/C9H10O5/c10-8(9(11,12)13)14-6-7-4-2-1-3-5-7/h1-5,11-13H,6H2. The number of carbonyl (C=O) groups excluding carboxylic acids is 1. The molecule has 1 aromatic rings. The molecule has 0 aliphatic rings. The van der Waals surface area contributed by atoms with Gasteiger partial charge in [-0.05, 0) is 5.56 Å². The summed E-state index contributed by atoms with van der Waals surface area (Å²) in [5.74, 6) is -4.92. The molecule has 0 aromatic heterocycles. The van der Waals surface area contributed by atoms with Crippen LogP contribution in [-0.2, 0) is 16.1 Å². The van der Waals surface area contributed by atoms with Crippen molar-refractivity contribution in [3.05, 3.63) is 35.9 Å². The topological polar surface area (TPSA) is 87.0 Å². The normalized spacial score (nSPS) is 11.1. The highest BCUT2D eigenvalue weighted by Crippen LogP contribution is 2.03. The van der Waals surface area contributed by atoms with Crippen molar-refractivity contribution in [2.45, 2.75) is 12.6 Å². The molecule has 0 heterocycles. The zero-order valence-electron chi connectivity index (χ0n) is 7.25. The van der Waals surface area contributed by atoms with E-state index in [1.54, 1.807) is 30.3 Å². The minimum atomic E-state index is -3.42. The van der Waals surface area contributed by atoms with Gasteiger partial charge >= 0.3 is 11.9 Å². The third kappa shape index (κ3) is 3.14. The quantitative estimate of drug-likeness (QED) is 0.444. The highest BCUT2D eigenvalue weighted by atomic mass is 16.7. The van der Waals surface area contributed by atoms with Crippen molar-refractivity contribution in [1.82, 2.24) is 0 Å². The summed E-state index contributed by atoms with van der Waals surface area (Å²) in [5.41, 5.74) is 0.685. The van der Waals surface area contributed by atoms with E-state index >= 15 is 0 Å². The molecule has 0 spiro atoms. The molecule has 14 heavy (non-hydrogen) atoms. The van der Waals surface area contributed by atoms with Gasteiger partial charge in [0.05, 0.1) is 0 Å². The van der Waals surface area contributed by atoms with Gasteiger partial charge in [0.1, 0.15) is 6.61 Å². The lowest BCUT2D eigenvalue weighted by molar-refractivity contribution is -0.304. The van der Waals surface area contributed by atoms with Crippen LogP contribution in [0.5, 0.6) is 0 Å². The molecule has 76 valence electrons. The SMILES string of the molecule is O=C(OCc1ccccc1)C(O)(O)O. The molecule has 3 N–H and O–H groups in total. The predicted molar refractivity (Wildman–Crippen MR) is 45.6 cm³/mol. The van der Waals surface area contributed by atoms with E-state index < -0.39 is 11.9 Å². The number of esters is 1. The highest BCUT2D eigenvalue weighted by Gasteiger charge is 2.32. The van der Waals surface area contributed by atoms with E-state index in [0.29, 0.717) is 5.56 Å². The number of rotatable bonds is 3. The first-order valence-corrected chi connectivity index (χ1v) is 3.88. The van der Waals surface area contributed by atoms with Crippen molar-refractivity contribution in [2.75, 3.05) is 0 Å². The molecular formula is C9H10O5. The average molecular weight is 198 g/mol. The van der Waals surface area contributed by atoms with E-state index in [9.17, 15) is 4.79 Å². The summed E-state index contributed by atoms with van der Waals surface area (Å²) in [5, 5.41) is 25.2. The van der Waals surface area contributed by atoms with Crippen LogP contribution in [0, 0.1) is 0 Å². The largest absolute Gasteiger partial charge is 0.455 e. The van der Waals surface area contributed by atoms with Crippen molar-refractivity contribution < 1.29 is 24.9 Å². The molecule has 0 aliphatic carbocycles. The van der Waals surface area contributed by atoms with Gasteiger partial charge in [-0.1, -0.05) is 30.3 Å². The van der Waals surface area contributed by atoms with Crippen LogP contribution in [0.2, 0.25) is 0 Å². The Labute approximate surface area is 80.2 Å². The van der Waals surface area contributed by atoms with Crippen LogP contribution in [0.25, 0.3) is 0 Å². The molecule has 0 aliphatic heterocycles. The molecule has 0 saturated heterocycles. The van der Waals surface area contributed by atoms with Gasteiger partial charge in [0.15, 0.2) is 0 Å². The summed E-state index contributed by atoms with van der Waals surface area (Å²) in [6.45, 7) is -0.122. The van der Waals surface area contributed by atoms with Crippen molar-refractivity contribution in [2.24, 2.45) is 0 Å². The Balaban J connectivity index is 2.46.